The highest BCUT2D eigenvalue weighted by atomic mass is 16.5. The van der Waals surface area contributed by atoms with Crippen molar-refractivity contribution in [2.24, 2.45) is 0 Å². The summed E-state index contributed by atoms with van der Waals surface area (Å²) in [6.45, 7) is 1.94. The summed E-state index contributed by atoms with van der Waals surface area (Å²) in [5, 5.41) is 9.68. The second kappa shape index (κ2) is 6.05. The molecule has 0 bridgehead atoms. The quantitative estimate of drug-likeness (QED) is 0.901. The number of methoxy groups -OCH3 is 1. The molecule has 0 radical (unpaired) electrons. The third-order valence-electron chi connectivity index (χ3n) is 5.02. The first-order valence-electron chi connectivity index (χ1n) is 8.12. The first-order valence-corrected chi connectivity index (χ1v) is 8.12. The molecular formula is C17H21NO6. The van der Waals surface area contributed by atoms with Gasteiger partial charge in [0.15, 0.2) is 17.1 Å². The maximum Gasteiger partial charge on any atom is 0.332 e. The van der Waals surface area contributed by atoms with Gasteiger partial charge in [0.05, 0.1) is 12.2 Å². The number of hydrogen-bond donors (Lipinski definition) is 1. The predicted molar refractivity (Wildman–Crippen MR) is 83.2 cm³/mol. The van der Waals surface area contributed by atoms with Gasteiger partial charge in [0.1, 0.15) is 5.76 Å². The maximum atomic E-state index is 13.0. The van der Waals surface area contributed by atoms with Gasteiger partial charge in [0, 0.05) is 32.1 Å². The first kappa shape index (κ1) is 16.7. The number of ketones is 1. The SMILES string of the molecule is COCC1(C(=O)O)CCCN1C(=O)c1oc2c(c1C)C(=O)CCC2. The Bertz CT molecular complexity index is 706. The Kier molecular flexibility index (Phi) is 4.21. The average Bonchev–Trinajstić information content (AvgIpc) is 3.10. The smallest absolute Gasteiger partial charge is 0.332 e. The van der Waals surface area contributed by atoms with Crippen LogP contribution in [0.4, 0.5) is 0 Å². The van der Waals surface area contributed by atoms with E-state index in [0.29, 0.717) is 55.5 Å². The lowest BCUT2D eigenvalue weighted by molar-refractivity contribution is -0.151. The molecule has 0 aromatic carbocycles. The number of carboxylic acid groups (broad SMARTS) is 1. The number of carbonyl (C=O) groups excluding carboxylic acids is 2. The number of ether oxygens (including phenoxy) is 1. The van der Waals surface area contributed by atoms with Crippen molar-refractivity contribution in [1.82, 2.24) is 4.90 Å². The molecule has 3 rings (SSSR count). The summed E-state index contributed by atoms with van der Waals surface area (Å²) in [6.07, 6.45) is 2.70. The van der Waals surface area contributed by atoms with Crippen LogP contribution >= 0.6 is 0 Å². The number of carbonyl (C=O) groups is 3. The normalized spacial score (nSPS) is 23.4. The molecule has 1 aromatic heterocycles. The van der Waals surface area contributed by atoms with Crippen molar-refractivity contribution in [3.05, 3.63) is 22.6 Å². The Balaban J connectivity index is 2.00. The molecule has 7 heteroatoms. The van der Waals surface area contributed by atoms with Gasteiger partial charge in [-0.25, -0.2) is 4.79 Å². The molecule has 2 aliphatic rings. The molecule has 1 aliphatic carbocycles. The zero-order chi connectivity index (χ0) is 17.5. The summed E-state index contributed by atoms with van der Waals surface area (Å²) in [6, 6.07) is 0. The van der Waals surface area contributed by atoms with Gasteiger partial charge in [-0.15, -0.1) is 0 Å². The van der Waals surface area contributed by atoms with E-state index in [9.17, 15) is 19.5 Å². The van der Waals surface area contributed by atoms with Crippen LogP contribution in [-0.2, 0) is 16.0 Å². The number of aliphatic carboxylic acids is 1. The van der Waals surface area contributed by atoms with Crippen LogP contribution in [0.25, 0.3) is 0 Å². The molecule has 1 unspecified atom stereocenters. The van der Waals surface area contributed by atoms with E-state index in [1.54, 1.807) is 6.92 Å². The summed E-state index contributed by atoms with van der Waals surface area (Å²) >= 11 is 0. The van der Waals surface area contributed by atoms with Gasteiger partial charge in [-0.2, -0.15) is 0 Å². The van der Waals surface area contributed by atoms with Crippen molar-refractivity contribution < 1.29 is 28.6 Å². The van der Waals surface area contributed by atoms with Crippen molar-refractivity contribution in [2.45, 2.75) is 44.6 Å². The highest BCUT2D eigenvalue weighted by molar-refractivity contribution is 6.04. The highest BCUT2D eigenvalue weighted by Gasteiger charge is 2.51. The standard InChI is InChI=1S/C17H21NO6/c1-10-13-11(19)5-3-6-12(13)24-14(10)15(20)18-8-4-7-17(18,9-23-2)16(21)22/h3-9H2,1-2H3,(H,21,22). The van der Waals surface area contributed by atoms with E-state index in [1.165, 1.54) is 12.0 Å². The molecule has 1 N–H and O–H groups in total. The predicted octanol–water partition coefficient (Wildman–Crippen LogP) is 1.81. The fourth-order valence-electron chi connectivity index (χ4n) is 3.82. The Hall–Kier alpha value is -2.15. The van der Waals surface area contributed by atoms with E-state index in [0.717, 1.165) is 0 Å². The minimum absolute atomic E-state index is 0.0145. The lowest BCUT2D eigenvalue weighted by Gasteiger charge is -2.33. The molecule has 24 heavy (non-hydrogen) atoms. The fourth-order valence-corrected chi connectivity index (χ4v) is 3.82. The van der Waals surface area contributed by atoms with E-state index in [1.807, 2.05) is 0 Å². The number of amides is 1. The van der Waals surface area contributed by atoms with Gasteiger partial charge in [-0.05, 0) is 26.2 Å². The Morgan fingerprint density at radius 2 is 2.08 bits per heavy atom. The van der Waals surface area contributed by atoms with Gasteiger partial charge in [0.25, 0.3) is 5.91 Å². The Morgan fingerprint density at radius 1 is 1.33 bits per heavy atom. The molecule has 1 aromatic rings. The molecule has 130 valence electrons. The van der Waals surface area contributed by atoms with E-state index in [2.05, 4.69) is 0 Å². The fraction of sp³-hybridized carbons (Fsp3) is 0.588. The lowest BCUT2D eigenvalue weighted by atomic mass is 9.93. The van der Waals surface area contributed by atoms with Crippen molar-refractivity contribution in [1.29, 1.82) is 0 Å². The molecule has 1 atom stereocenters. The molecule has 1 fully saturated rings. The number of carboxylic acids is 1. The van der Waals surface area contributed by atoms with Crippen LogP contribution in [0.5, 0.6) is 0 Å². The van der Waals surface area contributed by atoms with E-state index in [4.69, 9.17) is 9.15 Å². The minimum Gasteiger partial charge on any atom is -0.479 e. The summed E-state index contributed by atoms with van der Waals surface area (Å²) in [7, 11) is 1.42. The molecule has 0 saturated carbocycles. The number of furan rings is 1. The maximum absolute atomic E-state index is 13.0. The van der Waals surface area contributed by atoms with Gasteiger partial charge in [-0.3, -0.25) is 9.59 Å². The van der Waals surface area contributed by atoms with Crippen LogP contribution in [0.3, 0.4) is 0 Å². The van der Waals surface area contributed by atoms with Crippen molar-refractivity contribution in [2.75, 3.05) is 20.3 Å². The lowest BCUT2D eigenvalue weighted by Crippen LogP contribution is -2.56. The molecular weight excluding hydrogens is 314 g/mol. The summed E-state index contributed by atoms with van der Waals surface area (Å²) < 4.78 is 10.8. The van der Waals surface area contributed by atoms with E-state index < -0.39 is 17.4 Å². The second-order valence-corrected chi connectivity index (χ2v) is 6.46. The summed E-state index contributed by atoms with van der Waals surface area (Å²) in [5.74, 6) is -0.955. The van der Waals surface area contributed by atoms with Crippen LogP contribution in [0.1, 0.15) is 57.9 Å². The summed E-state index contributed by atoms with van der Waals surface area (Å²) in [4.78, 5) is 38.2. The molecule has 1 aliphatic heterocycles. The van der Waals surface area contributed by atoms with E-state index in [-0.39, 0.29) is 18.2 Å². The Morgan fingerprint density at radius 3 is 2.71 bits per heavy atom. The molecule has 1 amide bonds. The topological polar surface area (TPSA) is 97.1 Å². The van der Waals surface area contributed by atoms with Crippen molar-refractivity contribution in [3.8, 4) is 0 Å². The third kappa shape index (κ3) is 2.34. The number of fused-ring (bicyclic) bond motifs is 1. The van der Waals surface area contributed by atoms with Gasteiger partial charge in [-0.1, -0.05) is 0 Å². The first-order chi connectivity index (χ1) is 11.4. The zero-order valence-electron chi connectivity index (χ0n) is 13.9. The third-order valence-corrected chi connectivity index (χ3v) is 5.02. The van der Waals surface area contributed by atoms with Crippen LogP contribution in [0, 0.1) is 6.92 Å². The van der Waals surface area contributed by atoms with Crippen LogP contribution < -0.4 is 0 Å². The molecule has 0 spiro atoms. The summed E-state index contributed by atoms with van der Waals surface area (Å²) in [5.41, 5.74) is -0.366. The Labute approximate surface area is 139 Å². The minimum atomic E-state index is -1.38. The van der Waals surface area contributed by atoms with Crippen LogP contribution in [0.15, 0.2) is 4.42 Å². The van der Waals surface area contributed by atoms with Gasteiger partial charge < -0.3 is 19.2 Å². The number of rotatable bonds is 4. The second-order valence-electron chi connectivity index (χ2n) is 6.46. The monoisotopic (exact) mass is 335 g/mol. The van der Waals surface area contributed by atoms with Crippen molar-refractivity contribution >= 4 is 17.7 Å². The van der Waals surface area contributed by atoms with Gasteiger partial charge >= 0.3 is 5.97 Å². The number of likely N-dealkylation sites (tertiary alicyclic amines) is 1. The number of aryl methyl sites for hydroxylation is 1. The largest absolute Gasteiger partial charge is 0.479 e. The molecule has 1 saturated heterocycles. The van der Waals surface area contributed by atoms with Crippen LogP contribution in [-0.4, -0.2) is 53.5 Å². The van der Waals surface area contributed by atoms with E-state index >= 15 is 0 Å². The van der Waals surface area contributed by atoms with Crippen molar-refractivity contribution in [3.63, 3.8) is 0 Å². The number of nitrogens with zero attached hydrogens (tertiary/aromatic N) is 1. The number of Topliss-reactive ketones (excluding diaryl/α,β-unsaturated/α-hetero) is 1. The highest BCUT2D eigenvalue weighted by Crippen LogP contribution is 2.35. The van der Waals surface area contributed by atoms with Crippen LogP contribution in [0.2, 0.25) is 0 Å². The molecule has 2 heterocycles. The molecule has 7 nitrogen and oxygen atoms in total. The average molecular weight is 335 g/mol. The number of hydrogen-bond acceptors (Lipinski definition) is 5. The van der Waals surface area contributed by atoms with Gasteiger partial charge in [0.2, 0.25) is 0 Å². The zero-order valence-corrected chi connectivity index (χ0v) is 13.9.